The molecule has 0 unspecified atom stereocenters. The van der Waals surface area contributed by atoms with E-state index in [1.54, 1.807) is 11.3 Å². The van der Waals surface area contributed by atoms with Gasteiger partial charge in [0.05, 0.1) is 6.54 Å². The molecule has 0 spiro atoms. The summed E-state index contributed by atoms with van der Waals surface area (Å²) in [4.78, 5) is 13.2. The first-order valence-corrected chi connectivity index (χ1v) is 9.40. The number of hydrogen-bond donors (Lipinski definition) is 1. The third-order valence-corrected chi connectivity index (χ3v) is 4.95. The molecule has 0 saturated carbocycles. The Morgan fingerprint density at radius 3 is 2.56 bits per heavy atom. The zero-order chi connectivity index (χ0) is 17.6. The molecule has 6 nitrogen and oxygen atoms in total. The molecule has 2 heterocycles. The van der Waals surface area contributed by atoms with Gasteiger partial charge in [0.15, 0.2) is 11.1 Å². The lowest BCUT2D eigenvalue weighted by molar-refractivity contribution is 0.325. The Labute approximate surface area is 152 Å². The molecule has 3 rings (SSSR count). The molecule has 1 fully saturated rings. The highest BCUT2D eigenvalue weighted by Gasteiger charge is 2.19. The Morgan fingerprint density at radius 1 is 1.20 bits per heavy atom. The lowest BCUT2D eigenvalue weighted by Gasteiger charge is -2.35. The molecular weight excluding hydrogens is 334 g/mol. The molecular formula is C18H25N5OS. The van der Waals surface area contributed by atoms with Gasteiger partial charge in [-0.15, -0.1) is 11.3 Å². The van der Waals surface area contributed by atoms with Gasteiger partial charge in [0, 0.05) is 37.8 Å². The first-order chi connectivity index (χ1) is 12.1. The maximum absolute atomic E-state index is 6.13. The van der Waals surface area contributed by atoms with Crippen molar-refractivity contribution in [3.8, 4) is 5.75 Å². The van der Waals surface area contributed by atoms with Crippen molar-refractivity contribution in [2.75, 3.05) is 44.2 Å². The number of nitrogens with two attached hydrogens (primary N) is 1. The number of aromatic nitrogens is 1. The van der Waals surface area contributed by atoms with Crippen molar-refractivity contribution in [3.63, 3.8) is 0 Å². The zero-order valence-corrected chi connectivity index (χ0v) is 15.6. The van der Waals surface area contributed by atoms with E-state index in [1.807, 2.05) is 23.7 Å². The molecule has 1 aliphatic heterocycles. The summed E-state index contributed by atoms with van der Waals surface area (Å²) in [5.41, 5.74) is 8.54. The van der Waals surface area contributed by atoms with Crippen LogP contribution in [0.25, 0.3) is 0 Å². The summed E-state index contributed by atoms with van der Waals surface area (Å²) in [6.07, 6.45) is 1.85. The molecule has 0 amide bonds. The molecule has 0 bridgehead atoms. The summed E-state index contributed by atoms with van der Waals surface area (Å²) in [5.74, 6) is 1.49. The standard InChI is InChI=1S/C18H25N5OS/c1-14-11-15(2)13-16(12-14)24-9-3-20-17(19)22-5-7-23(8-6-22)18-21-4-10-25-18/h4,10-13H,3,5-9H2,1-2H3,(H2,19,20). The fraction of sp³-hybridized carbons (Fsp3) is 0.444. The number of hydrogen-bond acceptors (Lipinski definition) is 5. The van der Waals surface area contributed by atoms with E-state index in [0.717, 1.165) is 37.1 Å². The van der Waals surface area contributed by atoms with E-state index in [0.29, 0.717) is 19.1 Å². The Bertz CT molecular complexity index is 688. The molecule has 25 heavy (non-hydrogen) atoms. The molecule has 7 heteroatoms. The van der Waals surface area contributed by atoms with E-state index in [4.69, 9.17) is 10.5 Å². The number of benzene rings is 1. The smallest absolute Gasteiger partial charge is 0.191 e. The third kappa shape index (κ3) is 4.85. The summed E-state index contributed by atoms with van der Waals surface area (Å²) in [5, 5.41) is 3.09. The van der Waals surface area contributed by atoms with Crippen molar-refractivity contribution in [3.05, 3.63) is 40.9 Å². The van der Waals surface area contributed by atoms with Gasteiger partial charge in [-0.25, -0.2) is 9.98 Å². The van der Waals surface area contributed by atoms with Crippen molar-refractivity contribution >= 4 is 22.4 Å². The minimum Gasteiger partial charge on any atom is -0.492 e. The summed E-state index contributed by atoms with van der Waals surface area (Å²) in [7, 11) is 0. The van der Waals surface area contributed by atoms with E-state index in [1.165, 1.54) is 11.1 Å². The Kier molecular flexibility index (Phi) is 5.75. The molecule has 0 atom stereocenters. The van der Waals surface area contributed by atoms with Gasteiger partial charge in [-0.2, -0.15) is 0 Å². The second-order valence-electron chi connectivity index (χ2n) is 6.20. The number of anilines is 1. The minimum atomic E-state index is 0.530. The summed E-state index contributed by atoms with van der Waals surface area (Å²) >= 11 is 1.67. The van der Waals surface area contributed by atoms with Gasteiger partial charge in [-0.3, -0.25) is 0 Å². The fourth-order valence-electron chi connectivity index (χ4n) is 2.94. The van der Waals surface area contributed by atoms with Crippen LogP contribution in [0.2, 0.25) is 0 Å². The number of rotatable bonds is 5. The van der Waals surface area contributed by atoms with Crippen molar-refractivity contribution in [2.24, 2.45) is 10.7 Å². The van der Waals surface area contributed by atoms with Gasteiger partial charge in [0.1, 0.15) is 12.4 Å². The largest absolute Gasteiger partial charge is 0.492 e. The topological polar surface area (TPSA) is 67.0 Å². The summed E-state index contributed by atoms with van der Waals surface area (Å²) < 4.78 is 5.78. The van der Waals surface area contributed by atoms with Crippen LogP contribution in [0, 0.1) is 13.8 Å². The number of guanidine groups is 1. The van der Waals surface area contributed by atoms with Crippen molar-refractivity contribution in [2.45, 2.75) is 13.8 Å². The van der Waals surface area contributed by atoms with Crippen LogP contribution < -0.4 is 15.4 Å². The van der Waals surface area contributed by atoms with Gasteiger partial charge in [-0.05, 0) is 37.1 Å². The number of thiazole rings is 1. The minimum absolute atomic E-state index is 0.530. The number of piperazine rings is 1. The average molecular weight is 359 g/mol. The maximum atomic E-state index is 6.13. The van der Waals surface area contributed by atoms with Crippen LogP contribution in [-0.2, 0) is 0 Å². The molecule has 0 radical (unpaired) electrons. The number of aliphatic imine (C=N–C) groups is 1. The lowest BCUT2D eigenvalue weighted by Crippen LogP contribution is -2.51. The van der Waals surface area contributed by atoms with Crippen molar-refractivity contribution in [1.29, 1.82) is 0 Å². The van der Waals surface area contributed by atoms with Crippen LogP contribution in [0.5, 0.6) is 5.75 Å². The summed E-state index contributed by atoms with van der Waals surface area (Å²) in [6.45, 7) is 8.81. The fourth-order valence-corrected chi connectivity index (χ4v) is 3.64. The molecule has 2 aromatic rings. The van der Waals surface area contributed by atoms with E-state index in [-0.39, 0.29) is 0 Å². The molecule has 1 aromatic carbocycles. The number of ether oxygens (including phenoxy) is 1. The average Bonchev–Trinajstić information content (AvgIpc) is 3.12. The van der Waals surface area contributed by atoms with Gasteiger partial charge in [0.2, 0.25) is 0 Å². The van der Waals surface area contributed by atoms with Crippen molar-refractivity contribution in [1.82, 2.24) is 9.88 Å². The highest BCUT2D eigenvalue weighted by Crippen LogP contribution is 2.19. The first-order valence-electron chi connectivity index (χ1n) is 8.52. The van der Waals surface area contributed by atoms with E-state index in [2.05, 4.69) is 39.7 Å². The van der Waals surface area contributed by atoms with Gasteiger partial charge in [-0.1, -0.05) is 6.07 Å². The molecule has 1 saturated heterocycles. The van der Waals surface area contributed by atoms with Crippen LogP contribution in [-0.4, -0.2) is 55.2 Å². The number of nitrogens with zero attached hydrogens (tertiary/aromatic N) is 4. The normalized spacial score (nSPS) is 15.5. The highest BCUT2D eigenvalue weighted by atomic mass is 32.1. The van der Waals surface area contributed by atoms with E-state index < -0.39 is 0 Å². The monoisotopic (exact) mass is 359 g/mol. The molecule has 134 valence electrons. The zero-order valence-electron chi connectivity index (χ0n) is 14.8. The van der Waals surface area contributed by atoms with Crippen LogP contribution >= 0.6 is 11.3 Å². The second-order valence-corrected chi connectivity index (χ2v) is 7.07. The van der Waals surface area contributed by atoms with Crippen LogP contribution in [0.1, 0.15) is 11.1 Å². The van der Waals surface area contributed by atoms with Gasteiger partial charge < -0.3 is 20.3 Å². The van der Waals surface area contributed by atoms with Gasteiger partial charge in [0.25, 0.3) is 0 Å². The Morgan fingerprint density at radius 2 is 1.92 bits per heavy atom. The lowest BCUT2D eigenvalue weighted by atomic mass is 10.1. The third-order valence-electron chi connectivity index (χ3n) is 4.12. The van der Waals surface area contributed by atoms with Gasteiger partial charge >= 0.3 is 0 Å². The molecule has 1 aromatic heterocycles. The van der Waals surface area contributed by atoms with E-state index >= 15 is 0 Å². The number of aryl methyl sites for hydroxylation is 2. The van der Waals surface area contributed by atoms with Crippen molar-refractivity contribution < 1.29 is 4.74 Å². The van der Waals surface area contributed by atoms with Crippen LogP contribution in [0.15, 0.2) is 34.8 Å². The van der Waals surface area contributed by atoms with Crippen LogP contribution in [0.4, 0.5) is 5.13 Å². The predicted octanol–water partition coefficient (Wildman–Crippen LogP) is 2.28. The SMILES string of the molecule is Cc1cc(C)cc(OCCN=C(N)N2CCN(c3nccs3)CC2)c1. The molecule has 1 aliphatic rings. The maximum Gasteiger partial charge on any atom is 0.191 e. The second kappa shape index (κ2) is 8.20. The first kappa shape index (κ1) is 17.5. The molecule has 2 N–H and O–H groups in total. The quantitative estimate of drug-likeness (QED) is 0.504. The van der Waals surface area contributed by atoms with E-state index in [9.17, 15) is 0 Å². The predicted molar refractivity (Wildman–Crippen MR) is 104 cm³/mol. The Balaban J connectivity index is 1.43. The summed E-state index contributed by atoms with van der Waals surface area (Å²) in [6, 6.07) is 6.21. The molecule has 0 aliphatic carbocycles. The Hall–Kier alpha value is -2.28. The highest BCUT2D eigenvalue weighted by molar-refractivity contribution is 7.13. The van der Waals surface area contributed by atoms with Crippen LogP contribution in [0.3, 0.4) is 0 Å².